The summed E-state index contributed by atoms with van der Waals surface area (Å²) in [4.78, 5) is 2.11. The van der Waals surface area contributed by atoms with Crippen LogP contribution in [-0.4, -0.2) is 7.05 Å². The minimum Gasteiger partial charge on any atom is -0.343 e. The SMILES string of the molecule is CN(c1ccc(F)cc1)c1cccc2c1sc1ccccc12. The first-order chi connectivity index (χ1) is 10.7. The first-order valence-corrected chi connectivity index (χ1v) is 7.95. The Morgan fingerprint density at radius 1 is 0.818 bits per heavy atom. The molecule has 4 rings (SSSR count). The van der Waals surface area contributed by atoms with Crippen molar-refractivity contribution in [2.24, 2.45) is 0 Å². The third-order valence-corrected chi connectivity index (χ3v) is 5.17. The lowest BCUT2D eigenvalue weighted by Gasteiger charge is -2.20. The predicted molar refractivity (Wildman–Crippen MR) is 93.8 cm³/mol. The van der Waals surface area contributed by atoms with Crippen LogP contribution in [0.4, 0.5) is 15.8 Å². The fourth-order valence-corrected chi connectivity index (χ4v) is 4.05. The van der Waals surface area contributed by atoms with Crippen LogP contribution in [0.1, 0.15) is 0 Å². The summed E-state index contributed by atoms with van der Waals surface area (Å²) in [6.07, 6.45) is 0. The monoisotopic (exact) mass is 307 g/mol. The Hall–Kier alpha value is -2.39. The van der Waals surface area contributed by atoms with Crippen LogP contribution in [0.3, 0.4) is 0 Å². The van der Waals surface area contributed by atoms with Gasteiger partial charge in [0, 0.05) is 28.2 Å². The molecule has 0 aliphatic rings. The molecule has 0 aliphatic carbocycles. The van der Waals surface area contributed by atoms with Crippen LogP contribution in [0.2, 0.25) is 0 Å². The Balaban J connectivity index is 1.92. The van der Waals surface area contributed by atoms with Crippen molar-refractivity contribution >= 4 is 42.9 Å². The molecular formula is C19H14FNS. The molecule has 0 aliphatic heterocycles. The summed E-state index contributed by atoms with van der Waals surface area (Å²) in [6, 6.07) is 21.4. The normalized spacial score (nSPS) is 11.2. The zero-order chi connectivity index (χ0) is 15.1. The molecule has 3 aromatic carbocycles. The average molecular weight is 307 g/mol. The maximum absolute atomic E-state index is 13.1. The number of hydrogen-bond acceptors (Lipinski definition) is 2. The molecule has 0 fully saturated rings. The molecule has 0 saturated heterocycles. The second-order valence-electron chi connectivity index (χ2n) is 5.29. The second-order valence-corrected chi connectivity index (χ2v) is 6.34. The predicted octanol–water partition coefficient (Wildman–Crippen LogP) is 5.96. The fourth-order valence-electron chi connectivity index (χ4n) is 2.80. The molecule has 1 aromatic heterocycles. The maximum Gasteiger partial charge on any atom is 0.123 e. The molecule has 0 spiro atoms. The van der Waals surface area contributed by atoms with Crippen LogP contribution < -0.4 is 4.90 Å². The van der Waals surface area contributed by atoms with Crippen molar-refractivity contribution in [2.45, 2.75) is 0 Å². The van der Waals surface area contributed by atoms with E-state index in [1.165, 1.54) is 32.3 Å². The molecule has 4 aromatic rings. The largest absolute Gasteiger partial charge is 0.343 e. The first kappa shape index (κ1) is 13.3. The number of benzene rings is 3. The second kappa shape index (κ2) is 5.11. The van der Waals surface area contributed by atoms with Crippen LogP contribution in [0.15, 0.2) is 66.7 Å². The van der Waals surface area contributed by atoms with E-state index in [0.29, 0.717) is 0 Å². The lowest BCUT2D eigenvalue weighted by Crippen LogP contribution is -2.09. The highest BCUT2D eigenvalue weighted by atomic mass is 32.1. The van der Waals surface area contributed by atoms with Gasteiger partial charge in [-0.05, 0) is 36.4 Å². The van der Waals surface area contributed by atoms with Gasteiger partial charge in [0.05, 0.1) is 10.4 Å². The van der Waals surface area contributed by atoms with Crippen LogP contribution in [0, 0.1) is 5.82 Å². The minimum atomic E-state index is -0.211. The zero-order valence-electron chi connectivity index (χ0n) is 12.1. The van der Waals surface area contributed by atoms with Crippen molar-refractivity contribution in [1.29, 1.82) is 0 Å². The van der Waals surface area contributed by atoms with E-state index in [1.54, 1.807) is 11.3 Å². The Bertz CT molecular complexity index is 956. The molecule has 0 saturated carbocycles. The van der Waals surface area contributed by atoms with Gasteiger partial charge in [-0.15, -0.1) is 11.3 Å². The number of halogens is 1. The average Bonchev–Trinajstić information content (AvgIpc) is 2.93. The standard InChI is InChI=1S/C19H14FNS/c1-21(14-11-9-13(20)10-12-14)17-7-4-6-16-15-5-2-3-8-18(15)22-19(16)17/h2-12H,1H3. The summed E-state index contributed by atoms with van der Waals surface area (Å²) in [5.74, 6) is -0.211. The van der Waals surface area contributed by atoms with E-state index in [0.717, 1.165) is 11.4 Å². The highest BCUT2D eigenvalue weighted by Gasteiger charge is 2.12. The Kier molecular flexibility index (Phi) is 3.09. The molecule has 3 heteroatoms. The smallest absolute Gasteiger partial charge is 0.123 e. The number of fused-ring (bicyclic) bond motifs is 3. The van der Waals surface area contributed by atoms with Gasteiger partial charge in [-0.2, -0.15) is 0 Å². The summed E-state index contributed by atoms with van der Waals surface area (Å²) in [7, 11) is 2.02. The molecule has 0 bridgehead atoms. The van der Waals surface area contributed by atoms with E-state index in [2.05, 4.69) is 47.4 Å². The van der Waals surface area contributed by atoms with Crippen molar-refractivity contribution in [3.8, 4) is 0 Å². The first-order valence-electron chi connectivity index (χ1n) is 7.13. The van der Waals surface area contributed by atoms with E-state index in [-0.39, 0.29) is 5.82 Å². The molecule has 0 unspecified atom stereocenters. The maximum atomic E-state index is 13.1. The molecule has 22 heavy (non-hydrogen) atoms. The van der Waals surface area contributed by atoms with Gasteiger partial charge in [0.15, 0.2) is 0 Å². The molecule has 0 N–H and O–H groups in total. The van der Waals surface area contributed by atoms with Crippen molar-refractivity contribution in [1.82, 2.24) is 0 Å². The molecule has 0 amide bonds. The number of thiophene rings is 1. The van der Waals surface area contributed by atoms with Gasteiger partial charge in [-0.1, -0.05) is 30.3 Å². The third kappa shape index (κ3) is 2.06. The summed E-state index contributed by atoms with van der Waals surface area (Å²) in [5, 5.41) is 2.56. The van der Waals surface area contributed by atoms with Crippen molar-refractivity contribution < 1.29 is 4.39 Å². The van der Waals surface area contributed by atoms with Crippen LogP contribution in [0.25, 0.3) is 20.2 Å². The molecule has 0 radical (unpaired) electrons. The van der Waals surface area contributed by atoms with E-state index in [9.17, 15) is 4.39 Å². The molecular weight excluding hydrogens is 293 g/mol. The highest BCUT2D eigenvalue weighted by molar-refractivity contribution is 7.26. The lowest BCUT2D eigenvalue weighted by atomic mass is 10.1. The van der Waals surface area contributed by atoms with E-state index >= 15 is 0 Å². The highest BCUT2D eigenvalue weighted by Crippen LogP contribution is 2.40. The van der Waals surface area contributed by atoms with Gasteiger partial charge in [0.2, 0.25) is 0 Å². The topological polar surface area (TPSA) is 3.24 Å². The number of rotatable bonds is 2. The molecule has 1 heterocycles. The Morgan fingerprint density at radius 2 is 1.55 bits per heavy atom. The van der Waals surface area contributed by atoms with E-state index < -0.39 is 0 Å². The van der Waals surface area contributed by atoms with Gasteiger partial charge >= 0.3 is 0 Å². The summed E-state index contributed by atoms with van der Waals surface area (Å²) in [5.41, 5.74) is 2.12. The fraction of sp³-hybridized carbons (Fsp3) is 0.0526. The Labute approximate surface area is 132 Å². The van der Waals surface area contributed by atoms with Gasteiger partial charge in [0.25, 0.3) is 0 Å². The van der Waals surface area contributed by atoms with Gasteiger partial charge in [-0.3, -0.25) is 0 Å². The van der Waals surface area contributed by atoms with Gasteiger partial charge in [0.1, 0.15) is 5.82 Å². The molecule has 0 atom stereocenters. The minimum absolute atomic E-state index is 0.211. The van der Waals surface area contributed by atoms with Crippen molar-refractivity contribution in [3.63, 3.8) is 0 Å². The van der Waals surface area contributed by atoms with Crippen LogP contribution in [0.5, 0.6) is 0 Å². The van der Waals surface area contributed by atoms with Gasteiger partial charge < -0.3 is 4.90 Å². The number of nitrogens with zero attached hydrogens (tertiary/aromatic N) is 1. The van der Waals surface area contributed by atoms with Crippen molar-refractivity contribution in [2.75, 3.05) is 11.9 Å². The number of anilines is 2. The lowest BCUT2D eigenvalue weighted by molar-refractivity contribution is 0.628. The Morgan fingerprint density at radius 3 is 2.36 bits per heavy atom. The molecule has 1 nitrogen and oxygen atoms in total. The third-order valence-electron chi connectivity index (χ3n) is 3.96. The summed E-state index contributed by atoms with van der Waals surface area (Å²) >= 11 is 1.80. The zero-order valence-corrected chi connectivity index (χ0v) is 12.9. The van der Waals surface area contributed by atoms with Crippen molar-refractivity contribution in [3.05, 3.63) is 72.5 Å². The molecule has 108 valence electrons. The van der Waals surface area contributed by atoms with E-state index in [1.807, 2.05) is 19.2 Å². The summed E-state index contributed by atoms with van der Waals surface area (Å²) < 4.78 is 15.7. The van der Waals surface area contributed by atoms with Crippen LogP contribution >= 0.6 is 11.3 Å². The van der Waals surface area contributed by atoms with E-state index in [4.69, 9.17) is 0 Å². The summed E-state index contributed by atoms with van der Waals surface area (Å²) in [6.45, 7) is 0. The number of hydrogen-bond donors (Lipinski definition) is 0. The van der Waals surface area contributed by atoms with Crippen LogP contribution in [-0.2, 0) is 0 Å². The van der Waals surface area contributed by atoms with Gasteiger partial charge in [-0.25, -0.2) is 4.39 Å². The quantitative estimate of drug-likeness (QED) is 0.441.